The summed E-state index contributed by atoms with van der Waals surface area (Å²) in [6, 6.07) is 4.51. The monoisotopic (exact) mass is 297 g/mol. The fraction of sp³-hybridized carbons (Fsp3) is 0.632. The molecule has 0 bridgehead atoms. The van der Waals surface area contributed by atoms with E-state index in [1.165, 1.54) is 0 Å². The Balaban J connectivity index is 4.12. The number of hydrogen-bond donors (Lipinski definition) is 0. The van der Waals surface area contributed by atoms with E-state index in [0.717, 1.165) is 11.3 Å². The van der Waals surface area contributed by atoms with Crippen LogP contribution in [-0.4, -0.2) is 4.98 Å². The molecule has 0 aliphatic rings. The van der Waals surface area contributed by atoms with Crippen LogP contribution in [0.3, 0.4) is 0 Å². The first-order valence-corrected chi connectivity index (χ1v) is 7.64. The molecule has 118 valence electrons. The van der Waals surface area contributed by atoms with Gasteiger partial charge in [-0.2, -0.15) is 10.5 Å². The highest BCUT2D eigenvalue weighted by atomic mass is 14.8. The average molecular weight is 297 g/mol. The molecule has 0 aliphatic carbocycles. The number of hydrogen-bond acceptors (Lipinski definition) is 3. The predicted octanol–water partition coefficient (Wildman–Crippen LogP) is 4.72. The van der Waals surface area contributed by atoms with Crippen LogP contribution < -0.4 is 0 Å². The maximum absolute atomic E-state index is 9.75. The van der Waals surface area contributed by atoms with Gasteiger partial charge in [0.15, 0.2) is 0 Å². The van der Waals surface area contributed by atoms with E-state index in [1.54, 1.807) is 0 Å². The van der Waals surface area contributed by atoms with Crippen molar-refractivity contribution in [3.63, 3.8) is 0 Å². The number of aromatic nitrogens is 1. The molecule has 3 nitrogen and oxygen atoms in total. The van der Waals surface area contributed by atoms with Gasteiger partial charge in [0.1, 0.15) is 12.1 Å². The van der Waals surface area contributed by atoms with Crippen molar-refractivity contribution >= 4 is 0 Å². The highest BCUT2D eigenvalue weighted by molar-refractivity contribution is 5.58. The van der Waals surface area contributed by atoms with Crippen LogP contribution in [0.25, 0.3) is 0 Å². The Morgan fingerprint density at radius 2 is 1.05 bits per heavy atom. The van der Waals surface area contributed by atoms with Gasteiger partial charge in [-0.15, -0.1) is 0 Å². The van der Waals surface area contributed by atoms with E-state index in [2.05, 4.69) is 53.7 Å². The minimum Gasteiger partial charge on any atom is -0.255 e. The van der Waals surface area contributed by atoms with Crippen molar-refractivity contribution in [2.45, 2.75) is 78.6 Å². The quantitative estimate of drug-likeness (QED) is 0.696. The summed E-state index contributed by atoms with van der Waals surface area (Å²) in [6.07, 6.45) is 0. The minimum absolute atomic E-state index is 0.192. The second-order valence-corrected chi connectivity index (χ2v) is 8.91. The Labute approximate surface area is 135 Å². The van der Waals surface area contributed by atoms with Gasteiger partial charge in [-0.3, -0.25) is 4.98 Å². The van der Waals surface area contributed by atoms with Crippen LogP contribution in [-0.2, 0) is 16.2 Å². The zero-order valence-corrected chi connectivity index (χ0v) is 15.3. The molecule has 0 saturated carbocycles. The third-order valence-corrected chi connectivity index (χ3v) is 3.59. The molecule has 3 heteroatoms. The largest absolute Gasteiger partial charge is 0.255 e. The van der Waals surface area contributed by atoms with Crippen molar-refractivity contribution in [2.24, 2.45) is 0 Å². The van der Waals surface area contributed by atoms with E-state index in [9.17, 15) is 10.5 Å². The fourth-order valence-electron chi connectivity index (χ4n) is 2.62. The van der Waals surface area contributed by atoms with E-state index in [1.807, 2.05) is 20.8 Å². The zero-order valence-electron chi connectivity index (χ0n) is 15.3. The van der Waals surface area contributed by atoms with Gasteiger partial charge in [-0.05, 0) is 11.0 Å². The van der Waals surface area contributed by atoms with E-state index in [4.69, 9.17) is 4.98 Å². The Morgan fingerprint density at radius 1 is 0.636 bits per heavy atom. The summed E-state index contributed by atoms with van der Waals surface area (Å²) in [5, 5.41) is 19.4. The molecule has 1 heterocycles. The second kappa shape index (κ2) is 5.40. The van der Waals surface area contributed by atoms with Gasteiger partial charge in [0.25, 0.3) is 0 Å². The zero-order chi connectivity index (χ0) is 17.5. The van der Waals surface area contributed by atoms with Gasteiger partial charge in [-0.25, -0.2) is 0 Å². The first kappa shape index (κ1) is 18.2. The van der Waals surface area contributed by atoms with Crippen LogP contribution in [0.15, 0.2) is 0 Å². The van der Waals surface area contributed by atoms with Crippen LogP contribution in [0.4, 0.5) is 0 Å². The van der Waals surface area contributed by atoms with Crippen molar-refractivity contribution < 1.29 is 0 Å². The Kier molecular flexibility index (Phi) is 4.46. The van der Waals surface area contributed by atoms with Crippen molar-refractivity contribution in [3.8, 4) is 12.1 Å². The molecule has 0 aromatic carbocycles. The fourth-order valence-corrected chi connectivity index (χ4v) is 2.62. The first-order valence-electron chi connectivity index (χ1n) is 7.64. The lowest BCUT2D eigenvalue weighted by atomic mass is 9.73. The smallest absolute Gasteiger partial charge is 0.102 e. The average Bonchev–Trinajstić information content (AvgIpc) is 2.32. The molecule has 0 spiro atoms. The Morgan fingerprint density at radius 3 is 1.32 bits per heavy atom. The van der Waals surface area contributed by atoms with Crippen molar-refractivity contribution in [2.75, 3.05) is 0 Å². The molecular formula is C19H27N3. The highest BCUT2D eigenvalue weighted by Crippen LogP contribution is 2.39. The summed E-state index contributed by atoms with van der Waals surface area (Å²) in [7, 11) is 0. The normalized spacial score (nSPS) is 12.7. The molecule has 0 N–H and O–H groups in total. The molecule has 0 aliphatic heterocycles. The van der Waals surface area contributed by atoms with E-state index >= 15 is 0 Å². The van der Waals surface area contributed by atoms with Gasteiger partial charge in [-0.1, -0.05) is 62.3 Å². The van der Waals surface area contributed by atoms with Gasteiger partial charge in [0.05, 0.1) is 22.5 Å². The van der Waals surface area contributed by atoms with Crippen LogP contribution in [0.5, 0.6) is 0 Å². The van der Waals surface area contributed by atoms with Crippen molar-refractivity contribution in [3.05, 3.63) is 28.1 Å². The number of nitrogens with zero attached hydrogens (tertiary/aromatic N) is 3. The van der Waals surface area contributed by atoms with Gasteiger partial charge < -0.3 is 0 Å². The lowest BCUT2D eigenvalue weighted by Gasteiger charge is -2.33. The predicted molar refractivity (Wildman–Crippen MR) is 89.8 cm³/mol. The van der Waals surface area contributed by atoms with Gasteiger partial charge >= 0.3 is 0 Å². The van der Waals surface area contributed by atoms with Crippen LogP contribution in [0.2, 0.25) is 0 Å². The van der Waals surface area contributed by atoms with E-state index in [-0.39, 0.29) is 16.2 Å². The van der Waals surface area contributed by atoms with Gasteiger partial charge in [0, 0.05) is 10.8 Å². The third-order valence-electron chi connectivity index (χ3n) is 3.59. The molecule has 0 fully saturated rings. The van der Waals surface area contributed by atoms with Crippen molar-refractivity contribution in [1.82, 2.24) is 4.98 Å². The molecule has 0 amide bonds. The summed E-state index contributed by atoms with van der Waals surface area (Å²) in [5.41, 5.74) is 2.71. The highest BCUT2D eigenvalue weighted by Gasteiger charge is 2.35. The second-order valence-electron chi connectivity index (χ2n) is 8.91. The van der Waals surface area contributed by atoms with Crippen LogP contribution in [0.1, 0.15) is 90.4 Å². The SMILES string of the molecule is CC(C)(C)c1nc(C(C)(C)C)c(C(C)(C)C)c(C#N)c1C#N. The molecule has 0 atom stereocenters. The first-order chi connectivity index (χ1) is 9.75. The molecule has 0 unspecified atom stereocenters. The maximum atomic E-state index is 9.75. The lowest BCUT2D eigenvalue weighted by Crippen LogP contribution is -2.29. The lowest BCUT2D eigenvalue weighted by molar-refractivity contribution is 0.493. The summed E-state index contributed by atoms with van der Waals surface area (Å²) in [6.45, 7) is 18.6. The minimum atomic E-state index is -0.285. The Hall–Kier alpha value is -1.87. The number of pyridine rings is 1. The summed E-state index contributed by atoms with van der Waals surface area (Å²) >= 11 is 0. The molecule has 0 radical (unpaired) electrons. The third kappa shape index (κ3) is 3.30. The number of rotatable bonds is 0. The van der Waals surface area contributed by atoms with Crippen LogP contribution in [0, 0.1) is 22.7 Å². The number of nitriles is 2. The summed E-state index contributed by atoms with van der Waals surface area (Å²) < 4.78 is 0. The molecule has 1 aromatic rings. The van der Waals surface area contributed by atoms with E-state index < -0.39 is 0 Å². The molecule has 1 aromatic heterocycles. The maximum Gasteiger partial charge on any atom is 0.102 e. The molecular weight excluding hydrogens is 270 g/mol. The summed E-state index contributed by atoms with van der Waals surface area (Å²) in [5.74, 6) is 0. The topological polar surface area (TPSA) is 60.5 Å². The molecule has 0 saturated heterocycles. The van der Waals surface area contributed by atoms with Crippen molar-refractivity contribution in [1.29, 1.82) is 10.5 Å². The van der Waals surface area contributed by atoms with Crippen LogP contribution >= 0.6 is 0 Å². The molecule has 1 rings (SSSR count). The summed E-state index contributed by atoms with van der Waals surface area (Å²) in [4.78, 5) is 4.89. The van der Waals surface area contributed by atoms with E-state index in [0.29, 0.717) is 16.8 Å². The van der Waals surface area contributed by atoms with Gasteiger partial charge in [0.2, 0.25) is 0 Å². The Bertz CT molecular complexity index is 664. The standard InChI is InChI=1S/C19H27N3/c1-17(2,3)14-12(10-20)13(11-21)15(18(4,5)6)22-16(14)19(7,8)9/h1-9H3. The molecule has 22 heavy (non-hydrogen) atoms.